The third-order valence-corrected chi connectivity index (χ3v) is 8.41. The van der Waals surface area contributed by atoms with Gasteiger partial charge >= 0.3 is 7.12 Å². The van der Waals surface area contributed by atoms with Crippen LogP contribution in [0.2, 0.25) is 25.7 Å². The molecule has 0 radical (unpaired) electrons. The summed E-state index contributed by atoms with van der Waals surface area (Å²) in [5, 5.41) is 0.974. The standard InChI is InChI=1S/C22H37BN4O4Si/c1-21(2)22(3,4)31-23(30-21)17-14-27(16-29-12-13-32(5,6)7)20-18(17)19(24-15-25-20)26-8-10-28-11-9-26/h14-15H,8-13,16H2,1-7H3. The van der Waals surface area contributed by atoms with Gasteiger partial charge in [-0.05, 0) is 33.7 Å². The van der Waals surface area contributed by atoms with Crippen LogP contribution in [-0.4, -0.2) is 73.8 Å². The fourth-order valence-corrected chi connectivity index (χ4v) is 4.70. The number of hydrogen-bond acceptors (Lipinski definition) is 7. The number of anilines is 1. The molecule has 10 heteroatoms. The highest BCUT2D eigenvalue weighted by atomic mass is 28.3. The van der Waals surface area contributed by atoms with Crippen molar-refractivity contribution in [1.82, 2.24) is 14.5 Å². The van der Waals surface area contributed by atoms with Crippen molar-refractivity contribution in [3.63, 3.8) is 0 Å². The monoisotopic (exact) mass is 460 g/mol. The average molecular weight is 460 g/mol. The molecule has 2 aliphatic rings. The van der Waals surface area contributed by atoms with Gasteiger partial charge in [0.25, 0.3) is 0 Å². The summed E-state index contributed by atoms with van der Waals surface area (Å²) < 4.78 is 26.5. The summed E-state index contributed by atoms with van der Waals surface area (Å²) in [6.45, 7) is 19.6. The van der Waals surface area contributed by atoms with Crippen molar-refractivity contribution >= 4 is 37.5 Å². The van der Waals surface area contributed by atoms with Crippen LogP contribution in [0.25, 0.3) is 11.0 Å². The predicted octanol–water partition coefficient (Wildman–Crippen LogP) is 2.88. The molecule has 2 aliphatic heterocycles. The SMILES string of the molecule is CC1(C)OB(c2cn(COCC[Si](C)(C)C)c3ncnc(N4CCOCC4)c23)OC1(C)C. The molecular weight excluding hydrogens is 423 g/mol. The van der Waals surface area contributed by atoms with E-state index in [-0.39, 0.29) is 0 Å². The van der Waals surface area contributed by atoms with Gasteiger partial charge in [-0.15, -0.1) is 0 Å². The number of morpholine rings is 1. The molecule has 0 unspecified atom stereocenters. The van der Waals surface area contributed by atoms with Crippen molar-refractivity contribution in [1.29, 1.82) is 0 Å². The molecule has 4 rings (SSSR count). The van der Waals surface area contributed by atoms with Crippen molar-refractivity contribution in [2.24, 2.45) is 0 Å². The van der Waals surface area contributed by atoms with Crippen molar-refractivity contribution in [3.05, 3.63) is 12.5 Å². The topological polar surface area (TPSA) is 70.9 Å². The number of fused-ring (bicyclic) bond motifs is 1. The van der Waals surface area contributed by atoms with Gasteiger partial charge in [0.05, 0.1) is 29.8 Å². The van der Waals surface area contributed by atoms with Gasteiger partial charge in [-0.2, -0.15) is 0 Å². The second kappa shape index (κ2) is 8.72. The van der Waals surface area contributed by atoms with Gasteiger partial charge < -0.3 is 28.2 Å². The van der Waals surface area contributed by atoms with Crippen LogP contribution in [0.4, 0.5) is 5.82 Å². The summed E-state index contributed by atoms with van der Waals surface area (Å²) in [7, 11) is -1.64. The Morgan fingerprint density at radius 1 is 1.06 bits per heavy atom. The van der Waals surface area contributed by atoms with Gasteiger partial charge in [-0.1, -0.05) is 19.6 Å². The minimum atomic E-state index is -1.15. The Balaban J connectivity index is 1.70. The molecule has 0 atom stereocenters. The molecule has 0 aromatic carbocycles. The Hall–Kier alpha value is -1.46. The largest absolute Gasteiger partial charge is 0.497 e. The zero-order chi connectivity index (χ0) is 23.1. The molecule has 0 saturated carbocycles. The molecule has 176 valence electrons. The van der Waals surface area contributed by atoms with E-state index in [1.807, 2.05) is 0 Å². The van der Waals surface area contributed by atoms with Crippen LogP contribution in [0.5, 0.6) is 0 Å². The van der Waals surface area contributed by atoms with Crippen LogP contribution in [0.3, 0.4) is 0 Å². The minimum absolute atomic E-state index is 0.422. The molecule has 0 amide bonds. The first-order valence-corrected chi connectivity index (χ1v) is 15.3. The van der Waals surface area contributed by atoms with E-state index < -0.39 is 26.4 Å². The van der Waals surface area contributed by atoms with Crippen molar-refractivity contribution in [2.75, 3.05) is 37.8 Å². The molecular formula is C22H37BN4O4Si. The first-order valence-electron chi connectivity index (χ1n) is 11.6. The Morgan fingerprint density at radius 2 is 1.72 bits per heavy atom. The Labute approximate surface area is 192 Å². The number of hydrogen-bond donors (Lipinski definition) is 0. The maximum Gasteiger partial charge on any atom is 0.497 e. The van der Waals surface area contributed by atoms with Gasteiger partial charge in [0.1, 0.15) is 24.5 Å². The third-order valence-electron chi connectivity index (χ3n) is 6.71. The third kappa shape index (κ3) is 4.75. The molecule has 2 saturated heterocycles. The van der Waals surface area contributed by atoms with Crippen molar-refractivity contribution in [2.45, 2.75) is 71.3 Å². The summed E-state index contributed by atoms with van der Waals surface area (Å²) in [5.74, 6) is 0.906. The maximum atomic E-state index is 6.41. The Bertz CT molecular complexity index is 937. The highest BCUT2D eigenvalue weighted by Crippen LogP contribution is 2.37. The van der Waals surface area contributed by atoms with Crippen molar-refractivity contribution < 1.29 is 18.8 Å². The van der Waals surface area contributed by atoms with Crippen LogP contribution in [0.15, 0.2) is 12.5 Å². The van der Waals surface area contributed by atoms with Crippen LogP contribution < -0.4 is 10.4 Å². The van der Waals surface area contributed by atoms with E-state index in [4.69, 9.17) is 18.8 Å². The van der Waals surface area contributed by atoms with E-state index in [0.29, 0.717) is 19.9 Å². The zero-order valence-corrected chi connectivity index (χ0v) is 21.6. The molecule has 2 fully saturated rings. The summed E-state index contributed by atoms with van der Waals surface area (Å²) >= 11 is 0. The van der Waals surface area contributed by atoms with E-state index in [2.05, 4.69) is 73.0 Å². The lowest BCUT2D eigenvalue weighted by molar-refractivity contribution is 0.00578. The highest BCUT2D eigenvalue weighted by Gasteiger charge is 2.52. The molecule has 0 bridgehead atoms. The maximum absolute atomic E-state index is 6.41. The van der Waals surface area contributed by atoms with E-state index in [9.17, 15) is 0 Å². The summed E-state index contributed by atoms with van der Waals surface area (Å²) in [5.41, 5.74) is 0.956. The van der Waals surface area contributed by atoms with E-state index in [1.54, 1.807) is 6.33 Å². The van der Waals surface area contributed by atoms with Crippen LogP contribution in [-0.2, 0) is 25.5 Å². The van der Waals surface area contributed by atoms with Crippen molar-refractivity contribution in [3.8, 4) is 0 Å². The average Bonchev–Trinajstić information content (AvgIpc) is 3.19. The molecule has 0 N–H and O–H groups in total. The second-order valence-electron chi connectivity index (χ2n) is 11.0. The van der Waals surface area contributed by atoms with E-state index >= 15 is 0 Å². The number of ether oxygens (including phenoxy) is 2. The van der Waals surface area contributed by atoms with E-state index in [0.717, 1.165) is 48.1 Å². The predicted molar refractivity (Wildman–Crippen MR) is 130 cm³/mol. The normalized spacial score (nSPS) is 21.0. The summed E-state index contributed by atoms with van der Waals surface area (Å²) in [6.07, 6.45) is 3.71. The van der Waals surface area contributed by atoms with Crippen LogP contribution >= 0.6 is 0 Å². The molecule has 2 aromatic heterocycles. The Morgan fingerprint density at radius 3 is 2.34 bits per heavy atom. The lowest BCUT2D eigenvalue weighted by Crippen LogP contribution is -2.41. The van der Waals surface area contributed by atoms with Gasteiger partial charge in [0, 0.05) is 39.4 Å². The van der Waals surface area contributed by atoms with Crippen LogP contribution in [0.1, 0.15) is 27.7 Å². The van der Waals surface area contributed by atoms with Gasteiger partial charge in [0.15, 0.2) is 0 Å². The lowest BCUT2D eigenvalue weighted by Gasteiger charge is -2.32. The van der Waals surface area contributed by atoms with Gasteiger partial charge in [-0.25, -0.2) is 9.97 Å². The quantitative estimate of drug-likeness (QED) is 0.465. The number of nitrogens with zero attached hydrogens (tertiary/aromatic N) is 4. The van der Waals surface area contributed by atoms with Gasteiger partial charge in [-0.3, -0.25) is 0 Å². The van der Waals surface area contributed by atoms with Crippen LogP contribution in [0, 0.1) is 0 Å². The number of aromatic nitrogens is 3. The molecule has 32 heavy (non-hydrogen) atoms. The molecule has 2 aromatic rings. The molecule has 0 aliphatic carbocycles. The minimum Gasteiger partial charge on any atom is -0.399 e. The first-order chi connectivity index (χ1) is 15.0. The number of rotatable bonds is 7. The molecule has 4 heterocycles. The Kier molecular flexibility index (Phi) is 6.45. The summed E-state index contributed by atoms with van der Waals surface area (Å²) in [4.78, 5) is 11.6. The van der Waals surface area contributed by atoms with E-state index in [1.165, 1.54) is 0 Å². The zero-order valence-electron chi connectivity index (χ0n) is 20.6. The lowest BCUT2D eigenvalue weighted by atomic mass is 9.79. The first kappa shape index (κ1) is 23.7. The molecule has 8 nitrogen and oxygen atoms in total. The smallest absolute Gasteiger partial charge is 0.399 e. The fourth-order valence-electron chi connectivity index (χ4n) is 3.94. The molecule has 0 spiro atoms. The summed E-state index contributed by atoms with van der Waals surface area (Å²) in [6, 6.07) is 1.13. The fraction of sp³-hybridized carbons (Fsp3) is 0.727. The highest BCUT2D eigenvalue weighted by molar-refractivity contribution is 6.76. The second-order valence-corrected chi connectivity index (χ2v) is 16.6. The van der Waals surface area contributed by atoms with Gasteiger partial charge in [0.2, 0.25) is 0 Å².